The van der Waals surface area contributed by atoms with Gasteiger partial charge >= 0.3 is 0 Å². The topological polar surface area (TPSA) is 9.23 Å². The molecule has 3 atom stereocenters. The van der Waals surface area contributed by atoms with Gasteiger partial charge in [-0.25, -0.2) is 0 Å². The van der Waals surface area contributed by atoms with E-state index in [0.29, 0.717) is 0 Å². The summed E-state index contributed by atoms with van der Waals surface area (Å²) in [6.07, 6.45) is 7.75. The van der Waals surface area contributed by atoms with Crippen molar-refractivity contribution in [3.63, 3.8) is 0 Å². The molecule has 0 aromatic heterocycles. The van der Waals surface area contributed by atoms with Crippen LogP contribution in [0.25, 0.3) is 0 Å². The third-order valence-electron chi connectivity index (χ3n) is 3.71. The minimum Gasteiger partial charge on any atom is -0.418 e. The average molecular weight is 210 g/mol. The highest BCUT2D eigenvalue weighted by atomic mass is 28.4. The molecule has 3 unspecified atom stereocenters. The molecule has 2 aliphatic carbocycles. The summed E-state index contributed by atoms with van der Waals surface area (Å²) in [5.41, 5.74) is 0. The summed E-state index contributed by atoms with van der Waals surface area (Å²) >= 11 is 0. The Morgan fingerprint density at radius 3 is 2.57 bits per heavy atom. The Labute approximate surface area is 88.7 Å². The summed E-state index contributed by atoms with van der Waals surface area (Å²) in [6, 6.07) is 1.37. The van der Waals surface area contributed by atoms with Gasteiger partial charge in [0, 0.05) is 6.61 Å². The zero-order valence-electron chi connectivity index (χ0n) is 9.62. The predicted octanol–water partition coefficient (Wildman–Crippen LogP) is 3.44. The van der Waals surface area contributed by atoms with E-state index < -0.39 is 8.32 Å². The molecular weight excluding hydrogens is 188 g/mol. The number of allylic oxidation sites excluding steroid dienone is 2. The van der Waals surface area contributed by atoms with Crippen molar-refractivity contribution in [1.82, 2.24) is 0 Å². The van der Waals surface area contributed by atoms with Gasteiger partial charge < -0.3 is 4.43 Å². The molecule has 80 valence electrons. The fraction of sp³-hybridized carbons (Fsp3) is 0.833. The second-order valence-electron chi connectivity index (χ2n) is 5.44. The van der Waals surface area contributed by atoms with Crippen LogP contribution in [0.4, 0.5) is 0 Å². The van der Waals surface area contributed by atoms with Gasteiger partial charge in [-0.2, -0.15) is 0 Å². The Bertz CT molecular complexity index is 234. The Kier molecular flexibility index (Phi) is 2.85. The highest BCUT2D eigenvalue weighted by molar-refractivity contribution is 6.71. The second kappa shape index (κ2) is 3.82. The van der Waals surface area contributed by atoms with Crippen molar-refractivity contribution >= 4 is 8.32 Å². The Morgan fingerprint density at radius 1 is 1.29 bits per heavy atom. The number of hydrogen-bond donors (Lipinski definition) is 0. The molecule has 0 spiro atoms. The van der Waals surface area contributed by atoms with Crippen LogP contribution in [-0.4, -0.2) is 14.9 Å². The minimum atomic E-state index is -1.34. The van der Waals surface area contributed by atoms with Gasteiger partial charge in [0.2, 0.25) is 0 Å². The largest absolute Gasteiger partial charge is 0.418 e. The SMILES string of the molecule is CCO[Si](C)(C)CC1CC2C=CC1C2. The van der Waals surface area contributed by atoms with E-state index in [1.807, 2.05) is 0 Å². The molecule has 2 bridgehead atoms. The lowest BCUT2D eigenvalue weighted by Gasteiger charge is -2.28. The monoisotopic (exact) mass is 210 g/mol. The van der Waals surface area contributed by atoms with Gasteiger partial charge in [0.15, 0.2) is 8.32 Å². The summed E-state index contributed by atoms with van der Waals surface area (Å²) in [5.74, 6) is 2.75. The van der Waals surface area contributed by atoms with Crippen LogP contribution >= 0.6 is 0 Å². The molecule has 0 aromatic carbocycles. The van der Waals surface area contributed by atoms with Crippen molar-refractivity contribution in [3.05, 3.63) is 12.2 Å². The molecule has 0 aliphatic heterocycles. The van der Waals surface area contributed by atoms with Gasteiger partial charge in [0.1, 0.15) is 0 Å². The van der Waals surface area contributed by atoms with E-state index in [9.17, 15) is 0 Å². The summed E-state index contributed by atoms with van der Waals surface area (Å²) < 4.78 is 5.91. The highest BCUT2D eigenvalue weighted by Gasteiger charge is 2.39. The van der Waals surface area contributed by atoms with E-state index in [0.717, 1.165) is 24.4 Å². The first-order valence-electron chi connectivity index (χ1n) is 5.93. The molecule has 0 saturated heterocycles. The molecule has 14 heavy (non-hydrogen) atoms. The standard InChI is InChI=1S/C12H22OSi/c1-4-13-14(2,3)9-12-8-10-5-6-11(12)7-10/h5-6,10-12H,4,7-9H2,1-3H3. The molecular formula is C12H22OSi. The summed E-state index contributed by atoms with van der Waals surface area (Å²) in [6.45, 7) is 7.75. The summed E-state index contributed by atoms with van der Waals surface area (Å²) in [5, 5.41) is 0. The third-order valence-corrected chi connectivity index (χ3v) is 6.28. The van der Waals surface area contributed by atoms with Gasteiger partial charge in [-0.1, -0.05) is 12.2 Å². The molecule has 2 aliphatic rings. The number of fused-ring (bicyclic) bond motifs is 2. The van der Waals surface area contributed by atoms with Crippen molar-refractivity contribution < 1.29 is 4.43 Å². The number of rotatable bonds is 4. The van der Waals surface area contributed by atoms with Gasteiger partial charge in [-0.05, 0) is 56.7 Å². The molecule has 2 rings (SSSR count). The lowest BCUT2D eigenvalue weighted by Crippen LogP contribution is -2.33. The fourth-order valence-corrected chi connectivity index (χ4v) is 5.84. The fourth-order valence-electron chi connectivity index (χ4n) is 3.21. The van der Waals surface area contributed by atoms with E-state index in [1.165, 1.54) is 18.9 Å². The van der Waals surface area contributed by atoms with Crippen LogP contribution in [0, 0.1) is 17.8 Å². The first-order chi connectivity index (χ1) is 6.61. The zero-order chi connectivity index (χ0) is 10.2. The molecule has 1 nitrogen and oxygen atoms in total. The van der Waals surface area contributed by atoms with Crippen LogP contribution in [0.5, 0.6) is 0 Å². The lowest BCUT2D eigenvalue weighted by atomic mass is 9.96. The van der Waals surface area contributed by atoms with Crippen molar-refractivity contribution in [2.45, 2.75) is 38.9 Å². The van der Waals surface area contributed by atoms with E-state index in [-0.39, 0.29) is 0 Å². The smallest absolute Gasteiger partial charge is 0.186 e. The van der Waals surface area contributed by atoms with Gasteiger partial charge in [0.25, 0.3) is 0 Å². The minimum absolute atomic E-state index is 0.896. The zero-order valence-corrected chi connectivity index (χ0v) is 10.6. The van der Waals surface area contributed by atoms with Crippen molar-refractivity contribution in [2.75, 3.05) is 6.61 Å². The van der Waals surface area contributed by atoms with Crippen molar-refractivity contribution in [2.24, 2.45) is 17.8 Å². The molecule has 0 N–H and O–H groups in total. The maximum Gasteiger partial charge on any atom is 0.186 e. The van der Waals surface area contributed by atoms with E-state index >= 15 is 0 Å². The molecule has 2 heteroatoms. The molecule has 0 amide bonds. The summed E-state index contributed by atoms with van der Waals surface area (Å²) in [7, 11) is -1.34. The molecule has 1 fully saturated rings. The molecule has 1 saturated carbocycles. The maximum atomic E-state index is 5.91. The van der Waals surface area contributed by atoms with Crippen LogP contribution < -0.4 is 0 Å². The van der Waals surface area contributed by atoms with Gasteiger partial charge in [-0.15, -0.1) is 0 Å². The summed E-state index contributed by atoms with van der Waals surface area (Å²) in [4.78, 5) is 0. The predicted molar refractivity (Wildman–Crippen MR) is 62.8 cm³/mol. The van der Waals surface area contributed by atoms with Gasteiger partial charge in [-0.3, -0.25) is 0 Å². The normalized spacial score (nSPS) is 35.5. The van der Waals surface area contributed by atoms with Crippen molar-refractivity contribution in [1.29, 1.82) is 0 Å². The quantitative estimate of drug-likeness (QED) is 0.510. The lowest BCUT2D eigenvalue weighted by molar-refractivity contribution is 0.317. The maximum absolute atomic E-state index is 5.91. The van der Waals surface area contributed by atoms with Crippen molar-refractivity contribution in [3.8, 4) is 0 Å². The van der Waals surface area contributed by atoms with Crippen LogP contribution in [-0.2, 0) is 4.43 Å². The Hall–Kier alpha value is -0.0831. The second-order valence-corrected chi connectivity index (χ2v) is 9.65. The van der Waals surface area contributed by atoms with E-state index in [4.69, 9.17) is 4.43 Å². The van der Waals surface area contributed by atoms with Crippen LogP contribution in [0.1, 0.15) is 19.8 Å². The van der Waals surface area contributed by atoms with Crippen LogP contribution in [0.2, 0.25) is 19.1 Å². The first-order valence-corrected chi connectivity index (χ1v) is 9.04. The van der Waals surface area contributed by atoms with E-state index in [2.05, 4.69) is 32.2 Å². The highest BCUT2D eigenvalue weighted by Crippen LogP contribution is 2.46. The first kappa shape index (κ1) is 10.4. The third kappa shape index (κ3) is 2.11. The van der Waals surface area contributed by atoms with Crippen LogP contribution in [0.3, 0.4) is 0 Å². The molecule has 0 aromatic rings. The van der Waals surface area contributed by atoms with Crippen LogP contribution in [0.15, 0.2) is 12.2 Å². The number of hydrogen-bond acceptors (Lipinski definition) is 1. The average Bonchev–Trinajstić information content (AvgIpc) is 2.63. The Balaban J connectivity index is 1.89. The molecule has 0 radical (unpaired) electrons. The van der Waals surface area contributed by atoms with E-state index in [1.54, 1.807) is 0 Å². The molecule has 0 heterocycles. The van der Waals surface area contributed by atoms with Gasteiger partial charge in [0.05, 0.1) is 0 Å². The Morgan fingerprint density at radius 2 is 2.07 bits per heavy atom.